The molecule has 0 amide bonds. The minimum atomic E-state index is -0.526. The molecule has 1 aliphatic rings. The highest BCUT2D eigenvalue weighted by Crippen LogP contribution is 2.35. The number of benzene rings is 2. The first kappa shape index (κ1) is 26.4. The third kappa shape index (κ3) is 5.63. The van der Waals surface area contributed by atoms with E-state index in [1.807, 2.05) is 69.4 Å². The van der Waals surface area contributed by atoms with E-state index < -0.39 is 5.41 Å². The first-order chi connectivity index (χ1) is 18.8. The lowest BCUT2D eigenvalue weighted by molar-refractivity contribution is -0.201. The van der Waals surface area contributed by atoms with E-state index in [0.717, 1.165) is 52.2 Å². The molecule has 202 valence electrons. The van der Waals surface area contributed by atoms with E-state index in [-0.39, 0.29) is 5.97 Å². The Hall–Kier alpha value is -4.24. The maximum Gasteiger partial charge on any atom is 0.330 e. The van der Waals surface area contributed by atoms with Crippen LogP contribution in [0.15, 0.2) is 61.1 Å². The average molecular weight is 528 g/mol. The number of carbonyl (C=O) groups excluding carboxylic acids is 1. The summed E-state index contributed by atoms with van der Waals surface area (Å²) in [5.41, 5.74) is 4.09. The van der Waals surface area contributed by atoms with Crippen LogP contribution in [0, 0.1) is 5.41 Å². The van der Waals surface area contributed by atoms with Crippen molar-refractivity contribution in [3.05, 3.63) is 61.1 Å². The molecule has 1 aliphatic heterocycles. The molecule has 39 heavy (non-hydrogen) atoms. The Kier molecular flexibility index (Phi) is 7.34. The molecule has 9 heteroatoms. The van der Waals surface area contributed by atoms with Crippen LogP contribution in [0.5, 0.6) is 11.5 Å². The van der Waals surface area contributed by atoms with E-state index in [0.29, 0.717) is 24.6 Å². The van der Waals surface area contributed by atoms with Gasteiger partial charge in [-0.25, -0.2) is 19.7 Å². The van der Waals surface area contributed by atoms with Crippen molar-refractivity contribution in [3.63, 3.8) is 0 Å². The number of hydrogen-bond acceptors (Lipinski definition) is 9. The highest BCUT2D eigenvalue weighted by atomic mass is 16.7. The van der Waals surface area contributed by atoms with Crippen LogP contribution in [-0.4, -0.2) is 66.4 Å². The summed E-state index contributed by atoms with van der Waals surface area (Å²) >= 11 is 0. The minimum Gasteiger partial charge on any atom is -0.493 e. The largest absolute Gasteiger partial charge is 0.493 e. The fourth-order valence-corrected chi connectivity index (χ4v) is 4.46. The monoisotopic (exact) mass is 527 g/mol. The number of hydrogen-bond donors (Lipinski definition) is 0. The number of nitrogens with zero attached hydrogens (tertiary/aromatic N) is 5. The van der Waals surface area contributed by atoms with Crippen LogP contribution in [0.1, 0.15) is 20.8 Å². The predicted octanol–water partition coefficient (Wildman–Crippen LogP) is 5.00. The van der Waals surface area contributed by atoms with Gasteiger partial charge in [0.1, 0.15) is 12.1 Å². The van der Waals surface area contributed by atoms with Gasteiger partial charge in [-0.15, -0.1) is 5.06 Å². The number of rotatable bonds is 6. The van der Waals surface area contributed by atoms with Crippen molar-refractivity contribution in [1.29, 1.82) is 0 Å². The summed E-state index contributed by atoms with van der Waals surface area (Å²) in [6.45, 7) is 8.25. The van der Waals surface area contributed by atoms with Crippen LogP contribution in [0.3, 0.4) is 0 Å². The van der Waals surface area contributed by atoms with Crippen molar-refractivity contribution in [2.45, 2.75) is 20.8 Å². The number of piperazine rings is 1. The zero-order chi connectivity index (χ0) is 27.6. The van der Waals surface area contributed by atoms with Gasteiger partial charge in [-0.05, 0) is 68.3 Å². The first-order valence-electron chi connectivity index (χ1n) is 12.9. The Morgan fingerprint density at radius 2 is 1.49 bits per heavy atom. The quantitative estimate of drug-likeness (QED) is 0.343. The van der Waals surface area contributed by atoms with E-state index in [1.54, 1.807) is 25.6 Å². The number of carbonyl (C=O) groups is 1. The number of aromatic nitrogens is 3. The highest BCUT2D eigenvalue weighted by molar-refractivity contribution is 5.95. The van der Waals surface area contributed by atoms with Crippen molar-refractivity contribution in [3.8, 4) is 33.9 Å². The maximum atomic E-state index is 12.2. The number of ether oxygens (including phenoxy) is 2. The fraction of sp³-hybridized carbons (Fsp3) is 0.333. The average Bonchev–Trinajstić information content (AvgIpc) is 2.96. The second-order valence-corrected chi connectivity index (χ2v) is 10.5. The molecular formula is C30H33N5O4. The number of fused-ring (bicyclic) bond motifs is 1. The zero-order valence-electron chi connectivity index (χ0n) is 23.0. The predicted molar refractivity (Wildman–Crippen MR) is 151 cm³/mol. The van der Waals surface area contributed by atoms with Gasteiger partial charge in [0.05, 0.1) is 43.9 Å². The third-order valence-corrected chi connectivity index (χ3v) is 6.76. The molecule has 0 spiro atoms. The van der Waals surface area contributed by atoms with Crippen LogP contribution < -0.4 is 14.4 Å². The number of anilines is 1. The molecule has 0 unspecified atom stereocenters. The molecule has 1 saturated heterocycles. The lowest BCUT2D eigenvalue weighted by atomic mass is 9.98. The van der Waals surface area contributed by atoms with Gasteiger partial charge in [0, 0.05) is 30.2 Å². The van der Waals surface area contributed by atoms with E-state index in [9.17, 15) is 4.79 Å². The second kappa shape index (κ2) is 10.9. The summed E-state index contributed by atoms with van der Waals surface area (Å²) in [6.07, 6.45) is 3.44. The van der Waals surface area contributed by atoms with Crippen molar-refractivity contribution in [2.75, 3.05) is 45.3 Å². The molecule has 0 bridgehead atoms. The van der Waals surface area contributed by atoms with Gasteiger partial charge in [-0.3, -0.25) is 0 Å². The first-order valence-corrected chi connectivity index (χ1v) is 12.9. The lowest BCUT2D eigenvalue weighted by Gasteiger charge is -2.35. The van der Waals surface area contributed by atoms with Crippen LogP contribution >= 0.6 is 0 Å². The van der Waals surface area contributed by atoms with Crippen LogP contribution in [-0.2, 0) is 9.63 Å². The van der Waals surface area contributed by atoms with Crippen molar-refractivity contribution < 1.29 is 19.1 Å². The van der Waals surface area contributed by atoms with Gasteiger partial charge in [0.2, 0.25) is 0 Å². The Morgan fingerprint density at radius 3 is 2.15 bits per heavy atom. The summed E-state index contributed by atoms with van der Waals surface area (Å²) < 4.78 is 10.9. The van der Waals surface area contributed by atoms with Crippen LogP contribution in [0.2, 0.25) is 0 Å². The van der Waals surface area contributed by atoms with E-state index in [1.165, 1.54) is 0 Å². The Morgan fingerprint density at radius 1 is 0.795 bits per heavy atom. The van der Waals surface area contributed by atoms with E-state index >= 15 is 0 Å². The highest BCUT2D eigenvalue weighted by Gasteiger charge is 2.28. The van der Waals surface area contributed by atoms with Crippen molar-refractivity contribution >= 4 is 22.7 Å². The summed E-state index contributed by atoms with van der Waals surface area (Å²) in [4.78, 5) is 33.8. The fourth-order valence-electron chi connectivity index (χ4n) is 4.46. The Labute approximate surface area is 228 Å². The molecule has 0 atom stereocenters. The molecule has 2 aromatic heterocycles. The number of hydroxylamine groups is 2. The SMILES string of the molecule is COc1ccc(-c2ccc3ncnc(-c4ccc(N5CCN(OC(=O)C(C)(C)C)CC5)nc4)c3c2)cc1OC. The second-order valence-electron chi connectivity index (χ2n) is 10.5. The molecule has 3 heterocycles. The summed E-state index contributed by atoms with van der Waals surface area (Å²) in [7, 11) is 3.26. The van der Waals surface area contributed by atoms with Gasteiger partial charge in [-0.1, -0.05) is 12.1 Å². The van der Waals surface area contributed by atoms with Crippen molar-refractivity contribution in [1.82, 2.24) is 20.0 Å². The van der Waals surface area contributed by atoms with E-state index in [2.05, 4.69) is 20.9 Å². The summed E-state index contributed by atoms with van der Waals surface area (Å²) in [5.74, 6) is 2.02. The third-order valence-electron chi connectivity index (χ3n) is 6.76. The molecule has 0 N–H and O–H groups in total. The molecule has 4 aromatic rings. The molecule has 2 aromatic carbocycles. The molecule has 9 nitrogen and oxygen atoms in total. The van der Waals surface area contributed by atoms with Crippen LogP contribution in [0.25, 0.3) is 33.3 Å². The molecular weight excluding hydrogens is 494 g/mol. The molecule has 0 radical (unpaired) electrons. The lowest BCUT2D eigenvalue weighted by Crippen LogP contribution is -2.48. The molecule has 5 rings (SSSR count). The maximum absolute atomic E-state index is 12.2. The molecule has 0 aliphatic carbocycles. The molecule has 1 fully saturated rings. The van der Waals surface area contributed by atoms with Crippen LogP contribution in [0.4, 0.5) is 5.82 Å². The van der Waals surface area contributed by atoms with Gasteiger partial charge in [0.15, 0.2) is 11.5 Å². The topological polar surface area (TPSA) is 89.9 Å². The zero-order valence-corrected chi connectivity index (χ0v) is 23.0. The Bertz CT molecular complexity index is 1480. The van der Waals surface area contributed by atoms with Crippen molar-refractivity contribution in [2.24, 2.45) is 5.41 Å². The smallest absolute Gasteiger partial charge is 0.330 e. The minimum absolute atomic E-state index is 0.218. The normalized spacial score (nSPS) is 14.3. The number of methoxy groups -OCH3 is 2. The summed E-state index contributed by atoms with van der Waals surface area (Å²) in [5, 5.41) is 2.68. The Balaban J connectivity index is 1.35. The summed E-state index contributed by atoms with van der Waals surface area (Å²) in [6, 6.07) is 16.1. The standard InChI is InChI=1S/C30H33N5O4/c1-30(2,3)29(36)39-35-14-12-34(13-15-35)27-11-8-22(18-31-27)28-23-16-20(6-9-24(23)32-19-33-28)21-7-10-25(37-4)26(17-21)38-5/h6-11,16-19H,12-15H2,1-5H3. The van der Waals surface area contributed by atoms with Gasteiger partial charge < -0.3 is 19.2 Å². The number of pyridine rings is 1. The van der Waals surface area contributed by atoms with Gasteiger partial charge >= 0.3 is 5.97 Å². The van der Waals surface area contributed by atoms with Gasteiger partial charge in [0.25, 0.3) is 0 Å². The van der Waals surface area contributed by atoms with E-state index in [4.69, 9.17) is 19.3 Å². The van der Waals surface area contributed by atoms with Gasteiger partial charge in [-0.2, -0.15) is 0 Å². The molecule has 0 saturated carbocycles.